The fourth-order valence-electron chi connectivity index (χ4n) is 4.26. The van der Waals surface area contributed by atoms with Gasteiger partial charge in [-0.25, -0.2) is 0 Å². The minimum atomic E-state index is -0.615. The van der Waals surface area contributed by atoms with E-state index >= 15 is 0 Å². The Morgan fingerprint density at radius 1 is 1.29 bits per heavy atom. The van der Waals surface area contributed by atoms with E-state index in [0.717, 1.165) is 25.7 Å². The van der Waals surface area contributed by atoms with Crippen molar-refractivity contribution < 1.29 is 50.3 Å². The van der Waals surface area contributed by atoms with Gasteiger partial charge in [0.1, 0.15) is 0 Å². The summed E-state index contributed by atoms with van der Waals surface area (Å²) in [6, 6.07) is 6.54. The number of benzene rings is 1. The van der Waals surface area contributed by atoms with E-state index in [-0.39, 0.29) is 36.1 Å². The van der Waals surface area contributed by atoms with Crippen molar-refractivity contribution in [3.63, 3.8) is 0 Å². The zero-order valence-electron chi connectivity index (χ0n) is 14.3. The maximum atomic E-state index is 13.0. The van der Waals surface area contributed by atoms with Crippen LogP contribution in [0.15, 0.2) is 23.8 Å². The molecule has 6 heteroatoms. The fraction of sp³-hybridized carbons (Fsp3) is 0.444. The van der Waals surface area contributed by atoms with Gasteiger partial charge in [-0.15, -0.1) is 0 Å². The number of hydrogen-bond acceptors (Lipinski definition) is 1. The Kier molecular flexibility index (Phi) is 7.70. The molecule has 1 fully saturated rings. The third kappa shape index (κ3) is 3.39. The Labute approximate surface area is 170 Å². The summed E-state index contributed by atoms with van der Waals surface area (Å²) in [6.45, 7) is 6.84. The first-order valence-corrected chi connectivity index (χ1v) is 11.2. The van der Waals surface area contributed by atoms with Crippen LogP contribution >= 0.6 is 0 Å². The molecule has 127 valence electrons. The van der Waals surface area contributed by atoms with Crippen LogP contribution < -0.4 is 28.6 Å². The molecule has 0 bridgehead atoms. The van der Waals surface area contributed by atoms with Gasteiger partial charge in [-0.1, -0.05) is 0 Å². The van der Waals surface area contributed by atoms with E-state index in [1.54, 1.807) is 20.7 Å². The van der Waals surface area contributed by atoms with E-state index in [1.807, 2.05) is 0 Å². The smallest absolute Gasteiger partial charge is 1.00 e. The van der Waals surface area contributed by atoms with E-state index in [0.29, 0.717) is 0 Å². The van der Waals surface area contributed by atoms with E-state index < -0.39 is 8.41 Å². The van der Waals surface area contributed by atoms with Crippen molar-refractivity contribution >= 4 is 25.6 Å². The third-order valence-corrected chi connectivity index (χ3v) is 7.35. The van der Waals surface area contributed by atoms with Gasteiger partial charge in [0, 0.05) is 0 Å². The second-order valence-electron chi connectivity index (χ2n) is 6.74. The number of nitrogens with one attached hydrogen (secondary N) is 1. The number of rotatable bonds is 2. The maximum Gasteiger partial charge on any atom is -1.00 e. The molecule has 1 aromatic carbocycles. The molecule has 0 spiro atoms. The second-order valence-corrected chi connectivity index (χ2v) is 9.73. The first-order chi connectivity index (χ1) is 10.5. The quantitative estimate of drug-likeness (QED) is 0.519. The predicted octanol–water partition coefficient (Wildman–Crippen LogP) is -2.84. The van der Waals surface area contributed by atoms with E-state index in [4.69, 9.17) is 0 Å². The Morgan fingerprint density at radius 3 is 2.62 bits per heavy atom. The molecule has 24 heavy (non-hydrogen) atoms. The summed E-state index contributed by atoms with van der Waals surface area (Å²) in [5.74, 6) is 0.192. The summed E-state index contributed by atoms with van der Waals surface area (Å²) >= 11 is 1.78. The van der Waals surface area contributed by atoms with Crippen molar-refractivity contribution in [2.75, 3.05) is 0 Å². The number of allylic oxidation sites excluding steroid dienone is 1. The number of fused-ring (bicyclic) bond motifs is 1. The van der Waals surface area contributed by atoms with Gasteiger partial charge in [-0.3, -0.25) is 0 Å². The minimum absolute atomic E-state index is 0. The number of hydrogen-bond donors (Lipinski definition) is 1. The van der Waals surface area contributed by atoms with Crippen LogP contribution in [0.3, 0.4) is 0 Å². The van der Waals surface area contributed by atoms with E-state index in [1.165, 1.54) is 27.4 Å². The van der Waals surface area contributed by atoms with E-state index in [9.17, 15) is 4.79 Å². The van der Waals surface area contributed by atoms with Gasteiger partial charge in [-0.2, -0.15) is 0 Å². The molecular formula is C18H22Cl2NOSiTi. The molecule has 0 aromatic heterocycles. The molecule has 1 saturated carbocycles. The third-order valence-electron chi connectivity index (χ3n) is 5.11. The van der Waals surface area contributed by atoms with Gasteiger partial charge in [0.2, 0.25) is 0 Å². The molecule has 1 N–H and O–H groups in total. The van der Waals surface area contributed by atoms with Crippen LogP contribution in [0.2, 0.25) is 13.1 Å². The number of carbonyl (C=O) groups excluding carboxylic acids is 1. The topological polar surface area (TPSA) is 29.1 Å². The predicted molar refractivity (Wildman–Crippen MR) is 90.0 cm³/mol. The van der Waals surface area contributed by atoms with Gasteiger partial charge in [-0.05, 0) is 0 Å². The standard InChI is InChI=1S/C18H23NOSi.2ClH.Ti/c1-12-10-13-6-4-7-15(14(13)11-12)18(17(19)20)9-5-8-16(18)21(2)3;;;/h4,6-7,11H,5,8-10H2,1-3H3,(H2,19,20);2*1H;/q;;;+3/p-3. The molecule has 2 aliphatic carbocycles. The SMILES string of the molecule is CC1=Cc2c(cccc2C2(C(=O)[NH][Ti+2])CCCC2=[Si](C)C)C1.[Cl-].[Cl-]. The Morgan fingerprint density at radius 2 is 2.00 bits per heavy atom. The Balaban J connectivity index is 0.00000144. The summed E-state index contributed by atoms with van der Waals surface area (Å²) < 4.78 is 2.97. The van der Waals surface area contributed by atoms with Gasteiger partial charge in [0.25, 0.3) is 0 Å². The maximum absolute atomic E-state index is 13.0. The van der Waals surface area contributed by atoms with Crippen LogP contribution in [-0.2, 0) is 37.3 Å². The van der Waals surface area contributed by atoms with Gasteiger partial charge in [0.15, 0.2) is 0 Å². The van der Waals surface area contributed by atoms with E-state index in [2.05, 4.69) is 48.1 Å². The second kappa shape index (κ2) is 8.46. The largest absolute Gasteiger partial charge is 1.00 e. The van der Waals surface area contributed by atoms with Crippen LogP contribution in [0.5, 0.6) is 0 Å². The molecule has 0 radical (unpaired) electrons. The van der Waals surface area contributed by atoms with Crippen LogP contribution in [0.25, 0.3) is 6.08 Å². The summed E-state index contributed by atoms with van der Waals surface area (Å²) in [7, 11) is -0.615. The average molecular weight is 415 g/mol. The van der Waals surface area contributed by atoms with Crippen LogP contribution in [0.1, 0.15) is 42.9 Å². The molecule has 2 nitrogen and oxygen atoms in total. The summed E-state index contributed by atoms with van der Waals surface area (Å²) in [5, 5.41) is 1.50. The monoisotopic (exact) mass is 414 g/mol. The Bertz CT molecular complexity index is 713. The van der Waals surface area contributed by atoms with Crippen LogP contribution in [-0.4, -0.2) is 19.5 Å². The Hall–Kier alpha value is -0.189. The van der Waals surface area contributed by atoms with Gasteiger partial charge < -0.3 is 24.8 Å². The van der Waals surface area contributed by atoms with Crippen LogP contribution in [0, 0.1) is 0 Å². The molecule has 0 aliphatic heterocycles. The molecule has 1 atom stereocenters. The van der Waals surface area contributed by atoms with Crippen molar-refractivity contribution in [1.82, 2.24) is 3.80 Å². The first kappa shape index (κ1) is 21.9. The minimum Gasteiger partial charge on any atom is -1.00 e. The normalized spacial score (nSPS) is 21.4. The van der Waals surface area contributed by atoms with Crippen LogP contribution in [0.4, 0.5) is 0 Å². The molecular weight excluding hydrogens is 393 g/mol. The molecule has 0 saturated heterocycles. The molecule has 3 rings (SSSR count). The molecule has 1 amide bonds. The summed E-state index contributed by atoms with van der Waals surface area (Å²) in [6.07, 6.45) is 6.52. The molecule has 2 aliphatic rings. The first-order valence-electron chi connectivity index (χ1n) is 7.94. The van der Waals surface area contributed by atoms with Crippen molar-refractivity contribution in [3.05, 3.63) is 40.5 Å². The summed E-state index contributed by atoms with van der Waals surface area (Å²) in [4.78, 5) is 13.0. The molecule has 1 aromatic rings. The number of halogens is 2. The van der Waals surface area contributed by atoms with Crippen molar-refractivity contribution in [2.45, 2.75) is 51.1 Å². The van der Waals surface area contributed by atoms with Crippen molar-refractivity contribution in [3.8, 4) is 0 Å². The van der Waals surface area contributed by atoms with Gasteiger partial charge >= 0.3 is 146 Å². The zero-order chi connectivity index (χ0) is 15.9. The van der Waals surface area contributed by atoms with Crippen molar-refractivity contribution in [2.24, 2.45) is 0 Å². The van der Waals surface area contributed by atoms with Crippen molar-refractivity contribution in [1.29, 1.82) is 0 Å². The molecule has 1 unspecified atom stereocenters. The number of amides is 1. The average Bonchev–Trinajstić information content (AvgIpc) is 3.08. The molecule has 0 heterocycles. The van der Waals surface area contributed by atoms with Gasteiger partial charge in [0.05, 0.1) is 0 Å². The summed E-state index contributed by atoms with van der Waals surface area (Å²) in [5.41, 5.74) is 4.95. The number of carbonyl (C=O) groups is 1. The zero-order valence-corrected chi connectivity index (χ0v) is 18.4. The fourth-order valence-corrected chi connectivity index (χ4v) is 6.49.